The smallest absolute Gasteiger partial charge is 0.183 e. The van der Waals surface area contributed by atoms with Crippen LogP contribution in [0.3, 0.4) is 0 Å². The van der Waals surface area contributed by atoms with E-state index in [2.05, 4.69) is 16.8 Å². The highest BCUT2D eigenvalue weighted by Gasteiger charge is 2.28. The lowest BCUT2D eigenvalue weighted by Gasteiger charge is -2.09. The van der Waals surface area contributed by atoms with Gasteiger partial charge in [-0.25, -0.2) is 0 Å². The minimum atomic E-state index is 0.0797. The molecular formula is C17H18Cl2N2O. The fraction of sp³-hybridized carbons (Fsp3) is 0.353. The number of halogens is 2. The van der Waals surface area contributed by atoms with E-state index in [9.17, 15) is 4.79 Å². The molecule has 0 amide bonds. The molecule has 3 nitrogen and oxygen atoms in total. The number of Topliss-reactive ketones (excluding diaryl/α,β-unsaturated/α-hetero) is 1. The Morgan fingerprint density at radius 3 is 2.41 bits per heavy atom. The lowest BCUT2D eigenvalue weighted by Crippen LogP contribution is -2.15. The highest BCUT2D eigenvalue weighted by atomic mass is 35.5. The van der Waals surface area contributed by atoms with Gasteiger partial charge >= 0.3 is 0 Å². The molecule has 1 fully saturated rings. The number of nitrogens with one attached hydrogen (secondary N) is 1. The van der Waals surface area contributed by atoms with Crippen LogP contribution in [-0.2, 0) is 0 Å². The molecular weight excluding hydrogens is 319 g/mol. The molecule has 0 atom stereocenters. The van der Waals surface area contributed by atoms with E-state index in [1.165, 1.54) is 12.8 Å². The van der Waals surface area contributed by atoms with Gasteiger partial charge in [0.15, 0.2) is 5.78 Å². The third-order valence-electron chi connectivity index (χ3n) is 4.01. The summed E-state index contributed by atoms with van der Waals surface area (Å²) in [6, 6.07) is 7.76. The quantitative estimate of drug-likeness (QED) is 0.776. The van der Waals surface area contributed by atoms with Crippen LogP contribution in [0, 0.1) is 13.8 Å². The van der Waals surface area contributed by atoms with Crippen molar-refractivity contribution >= 4 is 34.7 Å². The SMILES string of the molecule is Cc1cc(C(=O)CNc2cc(Cl)cc(Cl)c2)c(C)n1C1CC1. The molecule has 0 spiro atoms. The number of ketones is 1. The molecule has 1 N–H and O–H groups in total. The number of hydrogen-bond donors (Lipinski definition) is 1. The van der Waals surface area contributed by atoms with Crippen LogP contribution >= 0.6 is 23.2 Å². The van der Waals surface area contributed by atoms with Gasteiger partial charge in [0.25, 0.3) is 0 Å². The van der Waals surface area contributed by atoms with Crippen LogP contribution in [0.4, 0.5) is 5.69 Å². The third-order valence-corrected chi connectivity index (χ3v) is 4.45. The third kappa shape index (κ3) is 3.16. The van der Waals surface area contributed by atoms with E-state index in [-0.39, 0.29) is 12.3 Å². The first kappa shape index (κ1) is 15.4. The second kappa shape index (κ2) is 5.98. The van der Waals surface area contributed by atoms with E-state index in [0.29, 0.717) is 16.1 Å². The molecule has 3 rings (SSSR count). The van der Waals surface area contributed by atoms with E-state index in [1.54, 1.807) is 18.2 Å². The standard InChI is InChI=1S/C17H18Cl2N2O/c1-10-5-16(11(2)21(10)15-3-4-15)17(22)9-20-14-7-12(18)6-13(19)8-14/h5-8,15,20H,3-4,9H2,1-2H3. The summed E-state index contributed by atoms with van der Waals surface area (Å²) < 4.78 is 2.28. The Labute approximate surface area is 140 Å². The Kier molecular flexibility index (Phi) is 4.20. The van der Waals surface area contributed by atoms with E-state index < -0.39 is 0 Å². The first-order chi connectivity index (χ1) is 10.5. The number of hydrogen-bond acceptors (Lipinski definition) is 2. The van der Waals surface area contributed by atoms with Gasteiger partial charge < -0.3 is 9.88 Å². The molecule has 0 unspecified atom stereocenters. The Bertz CT molecular complexity index is 712. The number of carbonyl (C=O) groups excluding carboxylic acids is 1. The van der Waals surface area contributed by atoms with Crippen molar-refractivity contribution in [3.05, 3.63) is 51.3 Å². The molecule has 0 aliphatic heterocycles. The van der Waals surface area contributed by atoms with Crippen molar-refractivity contribution in [1.82, 2.24) is 4.57 Å². The van der Waals surface area contributed by atoms with Crippen molar-refractivity contribution in [2.24, 2.45) is 0 Å². The second-order valence-corrected chi connectivity index (χ2v) is 6.69. The molecule has 22 heavy (non-hydrogen) atoms. The largest absolute Gasteiger partial charge is 0.377 e. The number of anilines is 1. The molecule has 0 radical (unpaired) electrons. The maximum atomic E-state index is 12.5. The Morgan fingerprint density at radius 1 is 1.18 bits per heavy atom. The van der Waals surface area contributed by atoms with Gasteiger partial charge in [0.1, 0.15) is 0 Å². The van der Waals surface area contributed by atoms with Gasteiger partial charge in [-0.15, -0.1) is 0 Å². The first-order valence-corrected chi connectivity index (χ1v) is 8.13. The van der Waals surface area contributed by atoms with Crippen molar-refractivity contribution < 1.29 is 4.79 Å². The fourth-order valence-electron chi connectivity index (χ4n) is 2.89. The van der Waals surface area contributed by atoms with Crippen LogP contribution < -0.4 is 5.32 Å². The Balaban J connectivity index is 1.73. The van der Waals surface area contributed by atoms with Crippen LogP contribution in [0.2, 0.25) is 10.0 Å². The minimum absolute atomic E-state index is 0.0797. The first-order valence-electron chi connectivity index (χ1n) is 7.37. The van der Waals surface area contributed by atoms with Gasteiger partial charge in [0.2, 0.25) is 0 Å². The molecule has 1 aromatic carbocycles. The van der Waals surface area contributed by atoms with Gasteiger partial charge in [0.05, 0.1) is 6.54 Å². The maximum Gasteiger partial charge on any atom is 0.183 e. The number of nitrogens with zero attached hydrogens (tertiary/aromatic N) is 1. The highest BCUT2D eigenvalue weighted by Crippen LogP contribution is 2.38. The number of aryl methyl sites for hydroxylation is 1. The van der Waals surface area contributed by atoms with Gasteiger partial charge in [-0.2, -0.15) is 0 Å². The monoisotopic (exact) mass is 336 g/mol. The maximum absolute atomic E-state index is 12.5. The molecule has 1 aromatic heterocycles. The van der Waals surface area contributed by atoms with Gasteiger partial charge in [-0.1, -0.05) is 23.2 Å². The summed E-state index contributed by atoms with van der Waals surface area (Å²) in [5.41, 5.74) is 3.77. The molecule has 0 bridgehead atoms. The van der Waals surface area contributed by atoms with Gasteiger partial charge in [-0.05, 0) is 51.0 Å². The molecule has 1 aliphatic carbocycles. The molecule has 5 heteroatoms. The molecule has 116 valence electrons. The summed E-state index contributed by atoms with van der Waals surface area (Å²) in [7, 11) is 0. The molecule has 1 heterocycles. The summed E-state index contributed by atoms with van der Waals surface area (Å²) in [6.07, 6.45) is 2.42. The number of rotatable bonds is 5. The molecule has 1 saturated carbocycles. The number of carbonyl (C=O) groups is 1. The highest BCUT2D eigenvalue weighted by molar-refractivity contribution is 6.35. The molecule has 0 saturated heterocycles. The van der Waals surface area contributed by atoms with Crippen molar-refractivity contribution in [3.63, 3.8) is 0 Å². The predicted molar refractivity (Wildman–Crippen MR) is 91.5 cm³/mol. The zero-order valence-corrected chi connectivity index (χ0v) is 14.1. The Morgan fingerprint density at radius 2 is 1.82 bits per heavy atom. The van der Waals surface area contributed by atoms with E-state index in [4.69, 9.17) is 23.2 Å². The minimum Gasteiger partial charge on any atom is -0.377 e. The zero-order chi connectivity index (χ0) is 15.9. The second-order valence-electron chi connectivity index (χ2n) is 5.82. The molecule has 2 aromatic rings. The Hall–Kier alpha value is -1.45. The predicted octanol–water partition coefficient (Wildman–Crippen LogP) is 5.04. The lowest BCUT2D eigenvalue weighted by atomic mass is 10.1. The van der Waals surface area contributed by atoms with Crippen LogP contribution in [0.1, 0.15) is 40.6 Å². The van der Waals surface area contributed by atoms with Gasteiger partial charge in [-0.3, -0.25) is 4.79 Å². The normalized spacial score (nSPS) is 14.2. The van der Waals surface area contributed by atoms with Gasteiger partial charge in [0, 0.05) is 38.7 Å². The van der Waals surface area contributed by atoms with Crippen molar-refractivity contribution in [3.8, 4) is 0 Å². The number of benzene rings is 1. The van der Waals surface area contributed by atoms with E-state index >= 15 is 0 Å². The summed E-state index contributed by atoms with van der Waals surface area (Å²) >= 11 is 11.9. The molecule has 1 aliphatic rings. The lowest BCUT2D eigenvalue weighted by molar-refractivity contribution is 0.101. The van der Waals surface area contributed by atoms with Crippen LogP contribution in [-0.4, -0.2) is 16.9 Å². The fourth-order valence-corrected chi connectivity index (χ4v) is 3.41. The summed E-state index contributed by atoms with van der Waals surface area (Å²) in [4.78, 5) is 12.5. The number of aromatic nitrogens is 1. The van der Waals surface area contributed by atoms with Crippen LogP contribution in [0.5, 0.6) is 0 Å². The van der Waals surface area contributed by atoms with Crippen molar-refractivity contribution in [1.29, 1.82) is 0 Å². The zero-order valence-electron chi connectivity index (χ0n) is 12.6. The topological polar surface area (TPSA) is 34.0 Å². The van der Waals surface area contributed by atoms with Crippen LogP contribution in [0.25, 0.3) is 0 Å². The van der Waals surface area contributed by atoms with Crippen molar-refractivity contribution in [2.75, 3.05) is 11.9 Å². The summed E-state index contributed by atoms with van der Waals surface area (Å²) in [5, 5.41) is 4.20. The van der Waals surface area contributed by atoms with E-state index in [0.717, 1.165) is 22.6 Å². The summed E-state index contributed by atoms with van der Waals surface area (Å²) in [6.45, 7) is 4.31. The summed E-state index contributed by atoms with van der Waals surface area (Å²) in [5.74, 6) is 0.0797. The van der Waals surface area contributed by atoms with E-state index in [1.807, 2.05) is 13.0 Å². The average Bonchev–Trinajstić information content (AvgIpc) is 3.21. The average molecular weight is 337 g/mol. The van der Waals surface area contributed by atoms with Crippen LogP contribution in [0.15, 0.2) is 24.3 Å². The van der Waals surface area contributed by atoms with Crippen molar-refractivity contribution in [2.45, 2.75) is 32.7 Å².